The van der Waals surface area contributed by atoms with Gasteiger partial charge in [-0.2, -0.15) is 0 Å². The molecule has 0 saturated carbocycles. The van der Waals surface area contributed by atoms with Crippen LogP contribution in [-0.2, 0) is 26.2 Å². The highest BCUT2D eigenvalue weighted by molar-refractivity contribution is 7.92. The second kappa shape index (κ2) is 13.1. The first-order valence-electron chi connectivity index (χ1n) is 13.7. The van der Waals surface area contributed by atoms with Crippen LogP contribution >= 0.6 is 0 Å². The van der Waals surface area contributed by atoms with Gasteiger partial charge in [0, 0.05) is 12.6 Å². The summed E-state index contributed by atoms with van der Waals surface area (Å²) in [6.45, 7) is 12.9. The molecule has 0 heterocycles. The third-order valence-corrected chi connectivity index (χ3v) is 9.15. The molecule has 2 unspecified atom stereocenters. The Kier molecular flexibility index (Phi) is 10.1. The van der Waals surface area contributed by atoms with Crippen molar-refractivity contribution in [2.45, 2.75) is 78.4 Å². The molecule has 0 bridgehead atoms. The molecule has 7 nitrogen and oxygen atoms in total. The minimum atomic E-state index is -4.10. The standard InChI is InChI=1S/C32H41N3O4S/c1-8-25(5)33-32(37)27(7)34(20-28-16-12-22(2)13-17-28)31(36)21-35(30-11-9-10-24(4)26(30)6)40(38,39)29-18-14-23(3)15-19-29/h9-19,25,27H,8,20-21H2,1-7H3,(H,33,37). The van der Waals surface area contributed by atoms with Crippen molar-refractivity contribution in [3.8, 4) is 0 Å². The van der Waals surface area contributed by atoms with Crippen molar-refractivity contribution in [1.82, 2.24) is 10.2 Å². The maximum Gasteiger partial charge on any atom is 0.264 e. The highest BCUT2D eigenvalue weighted by atomic mass is 32.2. The van der Waals surface area contributed by atoms with Crippen LogP contribution in [0.15, 0.2) is 71.6 Å². The number of rotatable bonds is 11. The number of benzene rings is 3. The van der Waals surface area contributed by atoms with Gasteiger partial charge in [-0.1, -0.05) is 66.6 Å². The molecule has 1 N–H and O–H groups in total. The molecule has 2 atom stereocenters. The fourth-order valence-electron chi connectivity index (χ4n) is 4.29. The molecular weight excluding hydrogens is 522 g/mol. The summed E-state index contributed by atoms with van der Waals surface area (Å²) in [5, 5.41) is 2.96. The molecule has 0 radical (unpaired) electrons. The van der Waals surface area contributed by atoms with E-state index in [1.165, 1.54) is 9.21 Å². The molecule has 0 fully saturated rings. The average molecular weight is 564 g/mol. The van der Waals surface area contributed by atoms with Crippen LogP contribution in [-0.4, -0.2) is 43.8 Å². The number of sulfonamides is 1. The van der Waals surface area contributed by atoms with Crippen molar-refractivity contribution in [3.63, 3.8) is 0 Å². The van der Waals surface area contributed by atoms with Crippen molar-refractivity contribution >= 4 is 27.5 Å². The number of hydrogen-bond donors (Lipinski definition) is 1. The van der Waals surface area contributed by atoms with E-state index in [9.17, 15) is 18.0 Å². The van der Waals surface area contributed by atoms with Crippen molar-refractivity contribution in [1.29, 1.82) is 0 Å². The summed E-state index contributed by atoms with van der Waals surface area (Å²) in [5.74, 6) is -0.751. The number of amides is 2. The molecule has 214 valence electrons. The van der Waals surface area contributed by atoms with Gasteiger partial charge >= 0.3 is 0 Å². The molecule has 3 aromatic carbocycles. The fourth-order valence-corrected chi connectivity index (χ4v) is 5.77. The SMILES string of the molecule is CCC(C)NC(=O)C(C)N(Cc1ccc(C)cc1)C(=O)CN(c1cccc(C)c1C)S(=O)(=O)c1ccc(C)cc1. The molecule has 0 spiro atoms. The minimum absolute atomic E-state index is 0.0559. The van der Waals surface area contributed by atoms with Gasteiger partial charge in [0.15, 0.2) is 0 Å². The summed E-state index contributed by atoms with van der Waals surface area (Å²) >= 11 is 0. The first-order chi connectivity index (χ1) is 18.8. The number of nitrogens with one attached hydrogen (secondary N) is 1. The van der Waals surface area contributed by atoms with Gasteiger partial charge in [0.25, 0.3) is 10.0 Å². The van der Waals surface area contributed by atoms with Crippen LogP contribution in [0, 0.1) is 27.7 Å². The first-order valence-corrected chi connectivity index (χ1v) is 15.1. The lowest BCUT2D eigenvalue weighted by Crippen LogP contribution is -2.52. The summed E-state index contributed by atoms with van der Waals surface area (Å²) < 4.78 is 29.2. The lowest BCUT2D eigenvalue weighted by atomic mass is 10.1. The van der Waals surface area contributed by atoms with Crippen LogP contribution in [0.5, 0.6) is 0 Å². The van der Waals surface area contributed by atoms with Gasteiger partial charge in [-0.05, 0) is 82.9 Å². The quantitative estimate of drug-likeness (QED) is 0.336. The van der Waals surface area contributed by atoms with Crippen molar-refractivity contribution in [2.24, 2.45) is 0 Å². The van der Waals surface area contributed by atoms with Gasteiger partial charge in [0.05, 0.1) is 10.6 Å². The van der Waals surface area contributed by atoms with Gasteiger partial charge in [0.1, 0.15) is 12.6 Å². The Bertz CT molecular complexity index is 1430. The molecule has 0 aromatic heterocycles. The predicted octanol–water partition coefficient (Wildman–Crippen LogP) is 5.45. The zero-order valence-corrected chi connectivity index (χ0v) is 25.4. The Morgan fingerprint density at radius 1 is 0.850 bits per heavy atom. The van der Waals surface area contributed by atoms with Gasteiger partial charge in [-0.3, -0.25) is 13.9 Å². The van der Waals surface area contributed by atoms with E-state index in [0.717, 1.165) is 34.2 Å². The van der Waals surface area contributed by atoms with E-state index in [2.05, 4.69) is 5.32 Å². The molecule has 0 aliphatic rings. The Morgan fingerprint density at radius 2 is 1.43 bits per heavy atom. The van der Waals surface area contributed by atoms with Gasteiger partial charge < -0.3 is 10.2 Å². The van der Waals surface area contributed by atoms with Gasteiger partial charge in [-0.15, -0.1) is 0 Å². The lowest BCUT2D eigenvalue weighted by Gasteiger charge is -2.33. The molecule has 40 heavy (non-hydrogen) atoms. The molecule has 0 aliphatic carbocycles. The summed E-state index contributed by atoms with van der Waals surface area (Å²) in [4.78, 5) is 28.8. The van der Waals surface area contributed by atoms with E-state index in [0.29, 0.717) is 5.69 Å². The fraction of sp³-hybridized carbons (Fsp3) is 0.375. The van der Waals surface area contributed by atoms with E-state index < -0.39 is 28.5 Å². The second-order valence-electron chi connectivity index (χ2n) is 10.5. The largest absolute Gasteiger partial charge is 0.352 e. The van der Waals surface area contributed by atoms with Crippen LogP contribution in [0.3, 0.4) is 0 Å². The highest BCUT2D eigenvalue weighted by Gasteiger charge is 2.33. The zero-order valence-electron chi connectivity index (χ0n) is 24.6. The molecule has 3 aromatic rings. The maximum absolute atomic E-state index is 14.1. The third-order valence-electron chi connectivity index (χ3n) is 7.37. The van der Waals surface area contributed by atoms with E-state index in [1.807, 2.05) is 71.9 Å². The number of aryl methyl sites for hydroxylation is 3. The van der Waals surface area contributed by atoms with Gasteiger partial charge in [0.2, 0.25) is 11.8 Å². The van der Waals surface area contributed by atoms with E-state index in [4.69, 9.17) is 0 Å². The maximum atomic E-state index is 14.1. The van der Waals surface area contributed by atoms with Crippen molar-refractivity contribution < 1.29 is 18.0 Å². The van der Waals surface area contributed by atoms with Crippen LogP contribution in [0.2, 0.25) is 0 Å². The van der Waals surface area contributed by atoms with E-state index >= 15 is 0 Å². The summed E-state index contributed by atoms with van der Waals surface area (Å²) in [6.07, 6.45) is 0.750. The van der Waals surface area contributed by atoms with E-state index in [1.54, 1.807) is 43.3 Å². The van der Waals surface area contributed by atoms with Crippen LogP contribution in [0.4, 0.5) is 5.69 Å². The number of nitrogens with zero attached hydrogens (tertiary/aromatic N) is 2. The zero-order chi connectivity index (χ0) is 29.6. The summed E-state index contributed by atoms with van der Waals surface area (Å²) in [7, 11) is -4.10. The smallest absolute Gasteiger partial charge is 0.264 e. The topological polar surface area (TPSA) is 86.8 Å². The third kappa shape index (κ3) is 7.30. The predicted molar refractivity (Wildman–Crippen MR) is 161 cm³/mol. The Labute approximate surface area is 239 Å². The molecule has 0 aliphatic heterocycles. The minimum Gasteiger partial charge on any atom is -0.352 e. The molecule has 8 heteroatoms. The molecular formula is C32H41N3O4S. The Balaban J connectivity index is 2.06. The Hall–Kier alpha value is -3.65. The lowest BCUT2D eigenvalue weighted by molar-refractivity contribution is -0.139. The first kappa shape index (κ1) is 30.9. The summed E-state index contributed by atoms with van der Waals surface area (Å²) in [5.41, 5.74) is 4.96. The Morgan fingerprint density at radius 3 is 2.00 bits per heavy atom. The van der Waals surface area contributed by atoms with Crippen LogP contribution in [0.1, 0.15) is 55.0 Å². The van der Waals surface area contributed by atoms with Crippen molar-refractivity contribution in [2.75, 3.05) is 10.8 Å². The highest BCUT2D eigenvalue weighted by Crippen LogP contribution is 2.29. The second-order valence-corrected chi connectivity index (χ2v) is 12.4. The monoisotopic (exact) mass is 563 g/mol. The molecule has 2 amide bonds. The molecule has 3 rings (SSSR count). The average Bonchev–Trinajstić information content (AvgIpc) is 2.92. The number of hydrogen-bond acceptors (Lipinski definition) is 4. The normalized spacial score (nSPS) is 12.9. The number of anilines is 1. The van der Waals surface area contributed by atoms with Crippen LogP contribution in [0.25, 0.3) is 0 Å². The number of carbonyl (C=O) groups is 2. The summed E-state index contributed by atoms with van der Waals surface area (Å²) in [6, 6.07) is 18.9. The van der Waals surface area contributed by atoms with Crippen LogP contribution < -0.4 is 9.62 Å². The number of carbonyl (C=O) groups excluding carboxylic acids is 2. The van der Waals surface area contributed by atoms with E-state index in [-0.39, 0.29) is 23.4 Å². The molecule has 0 saturated heterocycles. The van der Waals surface area contributed by atoms with Crippen molar-refractivity contribution in [3.05, 3.63) is 94.5 Å². The van der Waals surface area contributed by atoms with Gasteiger partial charge in [-0.25, -0.2) is 8.42 Å².